The number of amides is 1. The molecule has 2 aliphatic rings. The third kappa shape index (κ3) is 1.82. The van der Waals surface area contributed by atoms with E-state index in [0.29, 0.717) is 6.42 Å². The monoisotopic (exact) mass is 289 g/mol. The summed E-state index contributed by atoms with van der Waals surface area (Å²) >= 11 is 0. The second kappa shape index (κ2) is 4.21. The number of imidazole rings is 1. The van der Waals surface area contributed by atoms with Crippen molar-refractivity contribution in [2.24, 2.45) is 7.05 Å². The molecule has 1 N–H and O–H groups in total. The Labute approximate surface area is 122 Å². The van der Waals surface area contributed by atoms with Crippen LogP contribution in [0.15, 0.2) is 23.0 Å². The molecule has 21 heavy (non-hydrogen) atoms. The SMILES string of the molecule is Cc1ccc2c(c1)n(C)c(=O)n2C1CCC2OC2NC1=O.[HH]. The van der Waals surface area contributed by atoms with Gasteiger partial charge in [-0.15, -0.1) is 0 Å². The lowest BCUT2D eigenvalue weighted by Gasteiger charge is -2.15. The second-order valence-corrected chi connectivity index (χ2v) is 5.90. The summed E-state index contributed by atoms with van der Waals surface area (Å²) < 4.78 is 8.56. The Balaban J connectivity index is 0.00000144. The summed E-state index contributed by atoms with van der Waals surface area (Å²) in [6.07, 6.45) is 1.38. The summed E-state index contributed by atoms with van der Waals surface area (Å²) in [6, 6.07) is 5.40. The first-order valence-electron chi connectivity index (χ1n) is 7.19. The topological polar surface area (TPSA) is 68.6 Å². The number of hydrogen-bond donors (Lipinski definition) is 1. The number of benzene rings is 1. The van der Waals surface area contributed by atoms with Crippen molar-refractivity contribution in [1.29, 1.82) is 0 Å². The van der Waals surface area contributed by atoms with Crippen molar-refractivity contribution < 1.29 is 11.0 Å². The summed E-state index contributed by atoms with van der Waals surface area (Å²) in [5.74, 6) is -0.129. The summed E-state index contributed by atoms with van der Waals surface area (Å²) in [5, 5.41) is 2.85. The molecule has 1 aromatic heterocycles. The number of rotatable bonds is 1. The van der Waals surface area contributed by atoms with E-state index >= 15 is 0 Å². The van der Waals surface area contributed by atoms with E-state index in [9.17, 15) is 9.59 Å². The van der Waals surface area contributed by atoms with Crippen LogP contribution in [-0.2, 0) is 16.6 Å². The van der Waals surface area contributed by atoms with Crippen LogP contribution in [0.2, 0.25) is 0 Å². The molecular formula is C15H19N3O3. The minimum absolute atomic E-state index is 0. The van der Waals surface area contributed by atoms with Crippen molar-refractivity contribution in [3.8, 4) is 0 Å². The molecule has 2 fully saturated rings. The first-order chi connectivity index (χ1) is 10.1. The predicted octanol–water partition coefficient (Wildman–Crippen LogP) is 1.07. The highest BCUT2D eigenvalue weighted by molar-refractivity contribution is 5.85. The molecule has 2 saturated heterocycles. The Bertz CT molecular complexity index is 810. The fourth-order valence-electron chi connectivity index (χ4n) is 3.20. The van der Waals surface area contributed by atoms with Gasteiger partial charge in [0, 0.05) is 8.47 Å². The normalized spacial score (nSPS) is 28.1. The number of carbonyl (C=O) groups excluding carboxylic acids is 1. The minimum Gasteiger partial charge on any atom is -0.348 e. The fourth-order valence-corrected chi connectivity index (χ4v) is 3.20. The molecule has 1 amide bonds. The number of fused-ring (bicyclic) bond motifs is 2. The number of ether oxygens (including phenoxy) is 1. The average molecular weight is 289 g/mol. The maximum atomic E-state index is 12.6. The van der Waals surface area contributed by atoms with E-state index in [-0.39, 0.29) is 25.4 Å². The van der Waals surface area contributed by atoms with Gasteiger partial charge in [0.25, 0.3) is 0 Å². The summed E-state index contributed by atoms with van der Waals surface area (Å²) in [5.41, 5.74) is 2.62. The number of epoxide rings is 1. The van der Waals surface area contributed by atoms with E-state index in [1.54, 1.807) is 16.2 Å². The van der Waals surface area contributed by atoms with E-state index in [1.807, 2.05) is 25.1 Å². The molecule has 4 rings (SSSR count). The first-order valence-corrected chi connectivity index (χ1v) is 7.19. The lowest BCUT2D eigenvalue weighted by molar-refractivity contribution is -0.125. The molecule has 3 atom stereocenters. The largest absolute Gasteiger partial charge is 0.348 e. The van der Waals surface area contributed by atoms with Crippen LogP contribution < -0.4 is 11.0 Å². The first kappa shape index (κ1) is 12.6. The van der Waals surface area contributed by atoms with E-state index in [0.717, 1.165) is 23.0 Å². The molecular weight excluding hydrogens is 270 g/mol. The van der Waals surface area contributed by atoms with Crippen LogP contribution >= 0.6 is 0 Å². The van der Waals surface area contributed by atoms with Crippen molar-refractivity contribution in [1.82, 2.24) is 14.5 Å². The molecule has 1 aromatic carbocycles. The Morgan fingerprint density at radius 2 is 2.10 bits per heavy atom. The van der Waals surface area contributed by atoms with E-state index in [4.69, 9.17) is 4.74 Å². The molecule has 3 unspecified atom stereocenters. The molecule has 0 aliphatic carbocycles. The van der Waals surface area contributed by atoms with Gasteiger partial charge in [-0.05, 0) is 37.5 Å². The zero-order chi connectivity index (χ0) is 14.7. The van der Waals surface area contributed by atoms with Gasteiger partial charge in [0.2, 0.25) is 5.91 Å². The smallest absolute Gasteiger partial charge is 0.329 e. The van der Waals surface area contributed by atoms with Gasteiger partial charge >= 0.3 is 5.69 Å². The number of carbonyl (C=O) groups is 1. The Hall–Kier alpha value is -2.08. The van der Waals surface area contributed by atoms with Gasteiger partial charge in [-0.1, -0.05) is 6.07 Å². The standard InChI is InChI=1S/C15H17N3O3.H2/c1-8-3-4-9-11(7-8)17(2)15(20)18(9)10-5-6-12-14(21-12)16-13(10)19;/h3-4,7,10,12,14H,5-6H2,1-2H3,(H,16,19);1H. The molecule has 6 heteroatoms. The van der Waals surface area contributed by atoms with Crippen LogP contribution in [0.1, 0.15) is 25.9 Å². The molecule has 3 heterocycles. The van der Waals surface area contributed by atoms with Crippen molar-refractivity contribution >= 4 is 16.9 Å². The van der Waals surface area contributed by atoms with Gasteiger partial charge < -0.3 is 10.1 Å². The highest BCUT2D eigenvalue weighted by atomic mass is 16.6. The predicted molar refractivity (Wildman–Crippen MR) is 79.1 cm³/mol. The van der Waals surface area contributed by atoms with Crippen LogP contribution in [-0.4, -0.2) is 27.4 Å². The number of nitrogens with one attached hydrogen (secondary N) is 1. The average Bonchev–Trinajstić information content (AvgIpc) is 3.16. The fraction of sp³-hybridized carbons (Fsp3) is 0.467. The third-order valence-corrected chi connectivity index (χ3v) is 4.45. The maximum Gasteiger partial charge on any atom is 0.329 e. The highest BCUT2D eigenvalue weighted by Gasteiger charge is 2.45. The van der Waals surface area contributed by atoms with Gasteiger partial charge in [0.15, 0.2) is 6.23 Å². The van der Waals surface area contributed by atoms with E-state index in [2.05, 4.69) is 5.32 Å². The van der Waals surface area contributed by atoms with Crippen molar-refractivity contribution in [2.45, 2.75) is 38.1 Å². The van der Waals surface area contributed by atoms with Crippen LogP contribution in [0, 0.1) is 6.92 Å². The minimum atomic E-state index is -0.458. The van der Waals surface area contributed by atoms with Crippen LogP contribution in [0.5, 0.6) is 0 Å². The molecule has 0 bridgehead atoms. The number of nitrogens with zero attached hydrogens (tertiary/aromatic N) is 2. The van der Waals surface area contributed by atoms with Crippen LogP contribution in [0.3, 0.4) is 0 Å². The van der Waals surface area contributed by atoms with Gasteiger partial charge in [-0.3, -0.25) is 13.9 Å². The molecule has 6 nitrogen and oxygen atoms in total. The zero-order valence-corrected chi connectivity index (χ0v) is 12.0. The van der Waals surface area contributed by atoms with Gasteiger partial charge in [-0.2, -0.15) is 0 Å². The number of aromatic nitrogens is 2. The number of aryl methyl sites for hydroxylation is 2. The lowest BCUT2D eigenvalue weighted by Crippen LogP contribution is -2.37. The van der Waals surface area contributed by atoms with Crippen LogP contribution in [0.4, 0.5) is 0 Å². The lowest BCUT2D eigenvalue weighted by atomic mass is 10.1. The van der Waals surface area contributed by atoms with E-state index in [1.165, 1.54) is 0 Å². The van der Waals surface area contributed by atoms with Gasteiger partial charge in [-0.25, -0.2) is 4.79 Å². The molecule has 112 valence electrons. The Morgan fingerprint density at radius 3 is 2.90 bits per heavy atom. The highest BCUT2D eigenvalue weighted by Crippen LogP contribution is 2.32. The van der Waals surface area contributed by atoms with Gasteiger partial charge in [0.05, 0.1) is 11.0 Å². The molecule has 0 saturated carbocycles. The molecule has 2 aromatic rings. The summed E-state index contributed by atoms with van der Waals surface area (Å²) in [7, 11) is 1.75. The second-order valence-electron chi connectivity index (χ2n) is 5.90. The van der Waals surface area contributed by atoms with Crippen LogP contribution in [0.25, 0.3) is 11.0 Å². The molecule has 0 radical (unpaired) electrons. The zero-order valence-electron chi connectivity index (χ0n) is 12.0. The molecule has 0 spiro atoms. The Morgan fingerprint density at radius 1 is 1.29 bits per heavy atom. The third-order valence-electron chi connectivity index (χ3n) is 4.45. The summed E-state index contributed by atoms with van der Waals surface area (Å²) in [6.45, 7) is 1.99. The number of hydrogen-bond acceptors (Lipinski definition) is 3. The van der Waals surface area contributed by atoms with Crippen molar-refractivity contribution in [3.63, 3.8) is 0 Å². The van der Waals surface area contributed by atoms with Gasteiger partial charge in [0.1, 0.15) is 12.1 Å². The maximum absolute atomic E-state index is 12.6. The Kier molecular flexibility index (Phi) is 2.53. The molecule has 2 aliphatic heterocycles. The quantitative estimate of drug-likeness (QED) is 0.798. The van der Waals surface area contributed by atoms with Crippen molar-refractivity contribution in [3.05, 3.63) is 34.2 Å². The van der Waals surface area contributed by atoms with E-state index < -0.39 is 6.04 Å². The summed E-state index contributed by atoms with van der Waals surface area (Å²) in [4.78, 5) is 24.9. The van der Waals surface area contributed by atoms with Crippen molar-refractivity contribution in [2.75, 3.05) is 0 Å².